The van der Waals surface area contributed by atoms with E-state index in [2.05, 4.69) is 25.3 Å². The number of nitrogens with one attached hydrogen (secondary N) is 1. The van der Waals surface area contributed by atoms with Gasteiger partial charge in [-0.2, -0.15) is 13.5 Å². The number of aromatic nitrogens is 6. The maximum absolute atomic E-state index is 12.6. The quantitative estimate of drug-likeness (QED) is 0.472. The van der Waals surface area contributed by atoms with Crippen molar-refractivity contribution in [2.45, 2.75) is 13.0 Å². The lowest BCUT2D eigenvalue weighted by atomic mass is 10.2. The molecule has 0 bridgehead atoms. The zero-order chi connectivity index (χ0) is 20.7. The van der Waals surface area contributed by atoms with Crippen molar-refractivity contribution in [3.05, 3.63) is 70.9 Å². The van der Waals surface area contributed by atoms with E-state index in [0.29, 0.717) is 16.8 Å². The van der Waals surface area contributed by atoms with Crippen molar-refractivity contribution in [2.24, 2.45) is 0 Å². The number of fused-ring (bicyclic) bond motifs is 1. The van der Waals surface area contributed by atoms with Crippen molar-refractivity contribution in [1.29, 1.82) is 0 Å². The van der Waals surface area contributed by atoms with Gasteiger partial charge in [0.1, 0.15) is 0 Å². The first-order valence-corrected chi connectivity index (χ1v) is 8.79. The highest BCUT2D eigenvalue weighted by Gasteiger charge is 2.17. The van der Waals surface area contributed by atoms with Gasteiger partial charge in [-0.05, 0) is 35.7 Å². The van der Waals surface area contributed by atoms with Crippen molar-refractivity contribution in [2.75, 3.05) is 0 Å². The van der Waals surface area contributed by atoms with E-state index in [0.717, 1.165) is 15.6 Å². The molecule has 0 spiro atoms. The average molecular weight is 410 g/mol. The molecule has 150 valence electrons. The van der Waals surface area contributed by atoms with Gasteiger partial charge >= 0.3 is 12.2 Å². The van der Waals surface area contributed by atoms with Crippen LogP contribution in [0, 0.1) is 0 Å². The van der Waals surface area contributed by atoms with Crippen LogP contribution in [-0.2, 0) is 6.54 Å². The Morgan fingerprint density at radius 3 is 2.67 bits per heavy atom. The number of halogens is 2. The Bertz CT molecular complexity index is 1380. The largest absolute Gasteiger partial charge is 0.437 e. The third kappa shape index (κ3) is 3.26. The highest BCUT2D eigenvalue weighted by molar-refractivity contribution is 5.83. The first-order valence-electron chi connectivity index (χ1n) is 8.79. The highest BCUT2D eigenvalue weighted by atomic mass is 19.3. The molecule has 4 heterocycles. The third-order valence-corrected chi connectivity index (χ3v) is 4.42. The summed E-state index contributed by atoms with van der Waals surface area (Å²) in [6.07, 6.45) is 0.370. The number of nitrogens with zero attached hydrogens (tertiary/aromatic N) is 5. The number of benzene rings is 1. The maximum Gasteiger partial charge on any atom is 0.437 e. The first kappa shape index (κ1) is 17.9. The maximum atomic E-state index is 12.6. The predicted molar refractivity (Wildman–Crippen MR) is 99.6 cm³/mol. The molecule has 0 unspecified atom stereocenters. The van der Waals surface area contributed by atoms with Crippen LogP contribution in [0.3, 0.4) is 0 Å². The van der Waals surface area contributed by atoms with Gasteiger partial charge in [-0.25, -0.2) is 4.79 Å². The van der Waals surface area contributed by atoms with Gasteiger partial charge in [0.05, 0.1) is 17.8 Å². The van der Waals surface area contributed by atoms with E-state index < -0.39 is 18.1 Å². The van der Waals surface area contributed by atoms with Gasteiger partial charge in [-0.3, -0.25) is 4.98 Å². The Labute approximate surface area is 166 Å². The van der Waals surface area contributed by atoms with Crippen LogP contribution in [0.25, 0.3) is 33.8 Å². The minimum Gasteiger partial charge on any atom is -0.415 e. The van der Waals surface area contributed by atoms with Gasteiger partial charge in [-0.1, -0.05) is 6.07 Å². The normalized spacial score (nSPS) is 11.6. The van der Waals surface area contributed by atoms with E-state index in [-0.39, 0.29) is 18.3 Å². The summed E-state index contributed by atoms with van der Waals surface area (Å²) in [5, 5.41) is 12.1. The second-order valence-corrected chi connectivity index (χ2v) is 6.39. The minimum atomic E-state index is -2.84. The van der Waals surface area contributed by atoms with Gasteiger partial charge in [0.2, 0.25) is 11.8 Å². The molecular weight excluding hydrogens is 398 g/mol. The zero-order valence-electron chi connectivity index (χ0n) is 15.1. The standard InChI is InChI=1S/C19H12F2N6O3/c20-15(21)18-25-24-16(29-18)12-3-4-13(23-8-12)9-27-19(28)30-17(26-27)11-2-1-10-5-6-22-14(10)7-11/h1-8,15,22H,9H2. The molecule has 0 atom stereocenters. The molecule has 0 aliphatic rings. The lowest BCUT2D eigenvalue weighted by Gasteiger charge is -2.00. The van der Waals surface area contributed by atoms with Crippen LogP contribution < -0.4 is 5.76 Å². The second-order valence-electron chi connectivity index (χ2n) is 6.39. The fourth-order valence-electron chi connectivity index (χ4n) is 2.94. The van der Waals surface area contributed by atoms with Crippen LogP contribution in [0.15, 0.2) is 62.4 Å². The summed E-state index contributed by atoms with van der Waals surface area (Å²) in [7, 11) is 0. The number of hydrogen-bond donors (Lipinski definition) is 1. The average Bonchev–Trinajstić information content (AvgIpc) is 3.48. The van der Waals surface area contributed by atoms with E-state index in [1.54, 1.807) is 12.1 Å². The minimum absolute atomic E-state index is 0.0649. The summed E-state index contributed by atoms with van der Waals surface area (Å²) in [6.45, 7) is 0.0689. The molecule has 0 aliphatic heterocycles. The number of alkyl halides is 2. The van der Waals surface area contributed by atoms with Crippen molar-refractivity contribution in [3.8, 4) is 22.9 Å². The van der Waals surface area contributed by atoms with E-state index in [4.69, 9.17) is 8.83 Å². The van der Waals surface area contributed by atoms with Crippen LogP contribution in [0.1, 0.15) is 18.0 Å². The van der Waals surface area contributed by atoms with E-state index in [1.165, 1.54) is 6.20 Å². The number of aromatic amines is 1. The van der Waals surface area contributed by atoms with Gasteiger partial charge < -0.3 is 13.8 Å². The Hall–Kier alpha value is -4.15. The first-order chi connectivity index (χ1) is 14.6. The Morgan fingerprint density at radius 2 is 1.90 bits per heavy atom. The topological polar surface area (TPSA) is 116 Å². The number of pyridine rings is 1. The molecular formula is C19H12F2N6O3. The smallest absolute Gasteiger partial charge is 0.415 e. The molecule has 0 saturated carbocycles. The molecule has 1 N–H and O–H groups in total. The molecule has 0 amide bonds. The third-order valence-electron chi connectivity index (χ3n) is 4.42. The van der Waals surface area contributed by atoms with Crippen molar-refractivity contribution in [1.82, 2.24) is 29.9 Å². The molecule has 11 heteroatoms. The Balaban J connectivity index is 1.37. The van der Waals surface area contributed by atoms with Crippen LogP contribution in [0.4, 0.5) is 8.78 Å². The van der Waals surface area contributed by atoms with Crippen LogP contribution in [0.5, 0.6) is 0 Å². The summed E-state index contributed by atoms with van der Waals surface area (Å²) < 4.78 is 36.4. The lowest BCUT2D eigenvalue weighted by Crippen LogP contribution is -2.17. The van der Waals surface area contributed by atoms with Gasteiger partial charge in [0, 0.05) is 23.5 Å². The molecule has 0 saturated heterocycles. The monoisotopic (exact) mass is 410 g/mol. The number of hydrogen-bond acceptors (Lipinski definition) is 7. The Kier molecular flexibility index (Phi) is 4.20. The van der Waals surface area contributed by atoms with Gasteiger partial charge in [0.25, 0.3) is 5.89 Å². The van der Waals surface area contributed by atoms with Crippen LogP contribution in [0.2, 0.25) is 0 Å². The molecule has 0 radical (unpaired) electrons. The summed E-state index contributed by atoms with van der Waals surface area (Å²) in [4.78, 5) is 19.5. The molecule has 0 aliphatic carbocycles. The molecule has 5 rings (SSSR count). The van der Waals surface area contributed by atoms with Crippen molar-refractivity contribution in [3.63, 3.8) is 0 Å². The molecule has 9 nitrogen and oxygen atoms in total. The van der Waals surface area contributed by atoms with E-state index >= 15 is 0 Å². The van der Waals surface area contributed by atoms with E-state index in [1.807, 2.05) is 30.5 Å². The molecule has 30 heavy (non-hydrogen) atoms. The zero-order valence-corrected chi connectivity index (χ0v) is 15.1. The number of rotatable bonds is 5. The summed E-state index contributed by atoms with van der Waals surface area (Å²) in [5.41, 5.74) is 2.45. The van der Waals surface area contributed by atoms with Crippen LogP contribution >= 0.6 is 0 Å². The molecule has 1 aromatic carbocycles. The van der Waals surface area contributed by atoms with Crippen molar-refractivity contribution < 1.29 is 17.6 Å². The summed E-state index contributed by atoms with van der Waals surface area (Å²) in [6, 6.07) is 10.7. The fraction of sp³-hybridized carbons (Fsp3) is 0.105. The molecule has 0 fully saturated rings. The van der Waals surface area contributed by atoms with Gasteiger partial charge in [0.15, 0.2) is 0 Å². The molecule has 4 aromatic heterocycles. The SMILES string of the molecule is O=c1oc(-c2ccc3cc[nH]c3c2)nn1Cc1ccc(-c2nnc(C(F)F)o2)cn1. The van der Waals surface area contributed by atoms with E-state index in [9.17, 15) is 13.6 Å². The summed E-state index contributed by atoms with van der Waals surface area (Å²) in [5.74, 6) is -1.25. The molecule has 5 aromatic rings. The van der Waals surface area contributed by atoms with Crippen LogP contribution in [-0.4, -0.2) is 29.9 Å². The summed E-state index contributed by atoms with van der Waals surface area (Å²) >= 11 is 0. The second kappa shape index (κ2) is 7.03. The Morgan fingerprint density at radius 1 is 1.03 bits per heavy atom. The predicted octanol–water partition coefficient (Wildman–Crippen LogP) is 3.42. The van der Waals surface area contributed by atoms with Gasteiger partial charge in [-0.15, -0.1) is 15.3 Å². The van der Waals surface area contributed by atoms with Crippen molar-refractivity contribution >= 4 is 10.9 Å². The lowest BCUT2D eigenvalue weighted by molar-refractivity contribution is 0.116. The highest BCUT2D eigenvalue weighted by Crippen LogP contribution is 2.23. The fourth-order valence-corrected chi connectivity index (χ4v) is 2.94. The number of H-pyrrole nitrogens is 1.